The molecular formula is C20H30N4O6S. The summed E-state index contributed by atoms with van der Waals surface area (Å²) in [6.07, 6.45) is 1.37. The lowest BCUT2D eigenvalue weighted by Gasteiger charge is -2.42. The highest BCUT2D eigenvalue weighted by atomic mass is 32.2. The Morgan fingerprint density at radius 1 is 1.03 bits per heavy atom. The molecule has 0 aliphatic carbocycles. The van der Waals surface area contributed by atoms with Crippen molar-refractivity contribution in [2.75, 3.05) is 39.3 Å². The minimum atomic E-state index is -3.68. The molecule has 1 aromatic rings. The van der Waals surface area contributed by atoms with E-state index in [0.29, 0.717) is 45.3 Å². The lowest BCUT2D eigenvalue weighted by atomic mass is 10.0. The Hall–Kier alpha value is -2.24. The molecule has 2 saturated heterocycles. The third-order valence-corrected chi connectivity index (χ3v) is 7.50. The number of sulfonamides is 1. The smallest absolute Gasteiger partial charge is 0.410 e. The number of hydrogen-bond acceptors (Lipinski definition) is 7. The summed E-state index contributed by atoms with van der Waals surface area (Å²) in [5.74, 6) is 0. The normalized spacial score (nSPS) is 19.9. The molecule has 3 rings (SSSR count). The molecule has 1 amide bonds. The van der Waals surface area contributed by atoms with Crippen molar-refractivity contribution in [3.63, 3.8) is 0 Å². The Labute approximate surface area is 182 Å². The van der Waals surface area contributed by atoms with E-state index in [4.69, 9.17) is 4.74 Å². The Morgan fingerprint density at radius 2 is 1.58 bits per heavy atom. The van der Waals surface area contributed by atoms with E-state index in [2.05, 4.69) is 4.90 Å². The summed E-state index contributed by atoms with van der Waals surface area (Å²) in [4.78, 5) is 26.5. The second kappa shape index (κ2) is 9.09. The maximum absolute atomic E-state index is 12.9. The number of piperazine rings is 1. The number of likely N-dealkylation sites (tertiary alicyclic amines) is 1. The molecule has 31 heavy (non-hydrogen) atoms. The highest BCUT2D eigenvalue weighted by Gasteiger charge is 2.34. The molecule has 2 aliphatic heterocycles. The van der Waals surface area contributed by atoms with E-state index in [0.717, 1.165) is 12.8 Å². The molecule has 10 nitrogen and oxygen atoms in total. The van der Waals surface area contributed by atoms with Crippen LogP contribution in [0.15, 0.2) is 29.2 Å². The number of carbonyl (C=O) groups is 1. The molecule has 2 heterocycles. The molecule has 172 valence electrons. The van der Waals surface area contributed by atoms with Crippen LogP contribution in [0.25, 0.3) is 0 Å². The predicted molar refractivity (Wildman–Crippen MR) is 114 cm³/mol. The first-order valence-electron chi connectivity index (χ1n) is 10.4. The van der Waals surface area contributed by atoms with Crippen molar-refractivity contribution in [1.82, 2.24) is 14.1 Å². The molecule has 2 fully saturated rings. The van der Waals surface area contributed by atoms with Gasteiger partial charge in [-0.15, -0.1) is 0 Å². The maximum atomic E-state index is 12.9. The number of nitrogens with zero attached hydrogens (tertiary/aromatic N) is 4. The fourth-order valence-corrected chi connectivity index (χ4v) is 5.36. The average Bonchev–Trinajstić information content (AvgIpc) is 2.73. The Kier molecular flexibility index (Phi) is 6.87. The topological polar surface area (TPSA) is 113 Å². The number of piperidine rings is 1. The average molecular weight is 455 g/mol. The molecule has 0 atom stereocenters. The van der Waals surface area contributed by atoms with Crippen molar-refractivity contribution in [3.05, 3.63) is 34.4 Å². The van der Waals surface area contributed by atoms with Crippen molar-refractivity contribution in [2.24, 2.45) is 0 Å². The number of carbonyl (C=O) groups excluding carboxylic acids is 1. The highest BCUT2D eigenvalue weighted by molar-refractivity contribution is 7.89. The number of non-ortho nitro benzene ring substituents is 1. The van der Waals surface area contributed by atoms with Crippen LogP contribution in [-0.2, 0) is 14.8 Å². The third-order valence-electron chi connectivity index (χ3n) is 5.59. The second-order valence-electron chi connectivity index (χ2n) is 8.89. The van der Waals surface area contributed by atoms with Crippen molar-refractivity contribution in [1.29, 1.82) is 0 Å². The maximum Gasteiger partial charge on any atom is 0.410 e. The summed E-state index contributed by atoms with van der Waals surface area (Å²) >= 11 is 0. The van der Waals surface area contributed by atoms with Crippen LogP contribution in [0, 0.1) is 10.1 Å². The SMILES string of the molecule is CC(C)(C)OC(=O)N1CCC(N2CCN(S(=O)(=O)c3ccc([N+](=O)[O-])cc3)CC2)CC1. The van der Waals surface area contributed by atoms with Crippen molar-refractivity contribution in [2.45, 2.75) is 50.2 Å². The second-order valence-corrected chi connectivity index (χ2v) is 10.8. The summed E-state index contributed by atoms with van der Waals surface area (Å²) < 4.78 is 32.6. The molecule has 0 N–H and O–H groups in total. The lowest BCUT2D eigenvalue weighted by molar-refractivity contribution is -0.384. The van der Waals surface area contributed by atoms with Gasteiger partial charge in [0.05, 0.1) is 9.82 Å². The number of rotatable bonds is 4. The van der Waals surface area contributed by atoms with Crippen LogP contribution in [0.5, 0.6) is 0 Å². The molecule has 11 heteroatoms. The zero-order valence-corrected chi connectivity index (χ0v) is 19.0. The van der Waals surface area contributed by atoms with E-state index in [9.17, 15) is 23.3 Å². The Morgan fingerprint density at radius 3 is 2.06 bits per heavy atom. The summed E-state index contributed by atoms with van der Waals surface area (Å²) in [7, 11) is -3.68. The summed E-state index contributed by atoms with van der Waals surface area (Å²) in [6.45, 7) is 8.76. The van der Waals surface area contributed by atoms with Gasteiger partial charge in [0.2, 0.25) is 10.0 Å². The van der Waals surface area contributed by atoms with Crippen LogP contribution in [0.4, 0.5) is 10.5 Å². The standard InChI is InChI=1S/C20H30N4O6S/c1-20(2,3)30-19(25)22-10-8-16(9-11-22)21-12-14-23(15-13-21)31(28,29)18-6-4-17(5-7-18)24(26)27/h4-7,16H,8-15H2,1-3H3. The van der Waals surface area contributed by atoms with Crippen LogP contribution in [0.2, 0.25) is 0 Å². The third kappa shape index (κ3) is 5.72. The van der Waals surface area contributed by atoms with Gasteiger partial charge in [-0.25, -0.2) is 13.2 Å². The first-order chi connectivity index (χ1) is 14.5. The Balaban J connectivity index is 1.52. The molecule has 1 aromatic carbocycles. The van der Waals surface area contributed by atoms with Gasteiger partial charge < -0.3 is 9.64 Å². The number of nitro benzene ring substituents is 1. The van der Waals surface area contributed by atoms with Crippen molar-refractivity contribution < 1.29 is 22.9 Å². The van der Waals surface area contributed by atoms with Gasteiger partial charge in [0.1, 0.15) is 5.60 Å². The Bertz CT molecular complexity index is 897. The van der Waals surface area contributed by atoms with Crippen LogP contribution < -0.4 is 0 Å². The van der Waals surface area contributed by atoms with Gasteiger partial charge in [0.25, 0.3) is 5.69 Å². The van der Waals surface area contributed by atoms with Gasteiger partial charge in [0, 0.05) is 57.4 Å². The number of ether oxygens (including phenoxy) is 1. The van der Waals surface area contributed by atoms with E-state index >= 15 is 0 Å². The number of nitro groups is 1. The van der Waals surface area contributed by atoms with Gasteiger partial charge >= 0.3 is 6.09 Å². The fourth-order valence-electron chi connectivity index (χ4n) is 3.94. The zero-order chi connectivity index (χ0) is 22.8. The van der Waals surface area contributed by atoms with Gasteiger partial charge in [-0.2, -0.15) is 4.31 Å². The van der Waals surface area contributed by atoms with Gasteiger partial charge in [-0.3, -0.25) is 15.0 Å². The molecule has 0 unspecified atom stereocenters. The first-order valence-corrected chi connectivity index (χ1v) is 11.9. The van der Waals surface area contributed by atoms with Crippen LogP contribution in [-0.4, -0.2) is 84.5 Å². The number of amides is 1. The van der Waals surface area contributed by atoms with E-state index in [1.165, 1.54) is 28.6 Å². The van der Waals surface area contributed by atoms with Crippen molar-refractivity contribution >= 4 is 21.8 Å². The number of benzene rings is 1. The quantitative estimate of drug-likeness (QED) is 0.507. The zero-order valence-electron chi connectivity index (χ0n) is 18.2. The largest absolute Gasteiger partial charge is 0.444 e. The van der Waals surface area contributed by atoms with E-state index in [-0.39, 0.29) is 16.7 Å². The van der Waals surface area contributed by atoms with Gasteiger partial charge in [-0.05, 0) is 45.7 Å². The minimum Gasteiger partial charge on any atom is -0.444 e. The van der Waals surface area contributed by atoms with Gasteiger partial charge in [0.15, 0.2) is 0 Å². The summed E-state index contributed by atoms with van der Waals surface area (Å²) in [5.41, 5.74) is -0.652. The van der Waals surface area contributed by atoms with Crippen LogP contribution in [0.3, 0.4) is 0 Å². The highest BCUT2D eigenvalue weighted by Crippen LogP contribution is 2.24. The molecule has 0 aromatic heterocycles. The summed E-state index contributed by atoms with van der Waals surface area (Å²) in [5, 5.41) is 10.8. The molecule has 0 spiro atoms. The first kappa shape index (κ1) is 23.4. The molecule has 0 radical (unpaired) electrons. The molecule has 2 aliphatic rings. The minimum absolute atomic E-state index is 0.0669. The molecule has 0 bridgehead atoms. The molecule has 0 saturated carbocycles. The number of hydrogen-bond donors (Lipinski definition) is 0. The summed E-state index contributed by atoms with van der Waals surface area (Å²) in [6, 6.07) is 5.30. The molecular weight excluding hydrogens is 424 g/mol. The predicted octanol–water partition coefficient (Wildman–Crippen LogP) is 2.30. The lowest BCUT2D eigenvalue weighted by Crippen LogP contribution is -2.54. The monoisotopic (exact) mass is 454 g/mol. The van der Waals surface area contributed by atoms with Crippen LogP contribution >= 0.6 is 0 Å². The van der Waals surface area contributed by atoms with E-state index < -0.39 is 20.5 Å². The van der Waals surface area contributed by atoms with E-state index in [1.807, 2.05) is 20.8 Å². The van der Waals surface area contributed by atoms with E-state index in [1.54, 1.807) is 4.90 Å². The fraction of sp³-hybridized carbons (Fsp3) is 0.650. The van der Waals surface area contributed by atoms with Crippen LogP contribution in [0.1, 0.15) is 33.6 Å². The van der Waals surface area contributed by atoms with Gasteiger partial charge in [-0.1, -0.05) is 0 Å². The van der Waals surface area contributed by atoms with Crippen molar-refractivity contribution in [3.8, 4) is 0 Å².